The summed E-state index contributed by atoms with van der Waals surface area (Å²) in [5.74, 6) is -0.0915. The highest BCUT2D eigenvalue weighted by atomic mass is 79.9. The number of aryl methyl sites for hydroxylation is 1. The second kappa shape index (κ2) is 7.36. The van der Waals surface area contributed by atoms with E-state index in [-0.39, 0.29) is 10.9 Å². The lowest BCUT2D eigenvalue weighted by Gasteiger charge is -2.39. The van der Waals surface area contributed by atoms with Crippen LogP contribution in [-0.2, 0) is 4.79 Å². The van der Waals surface area contributed by atoms with E-state index < -0.39 is 5.92 Å². The number of hydrogen-bond acceptors (Lipinski definition) is 6. The van der Waals surface area contributed by atoms with E-state index >= 15 is 0 Å². The van der Waals surface area contributed by atoms with Crippen molar-refractivity contribution < 1.29 is 4.79 Å². The second-order valence-electron chi connectivity index (χ2n) is 6.68. The third-order valence-electron chi connectivity index (χ3n) is 5.05. The maximum Gasteiger partial charge on any atom is 0.161 e. The zero-order valence-electron chi connectivity index (χ0n) is 15.0. The molecule has 0 fully saturated rings. The molecule has 1 aliphatic heterocycles. The minimum absolute atomic E-state index is 0.0543. The molecule has 2 aromatic heterocycles. The average molecular weight is 476 g/mol. The molecule has 2 aliphatic rings. The first-order valence-corrected chi connectivity index (χ1v) is 10.7. The van der Waals surface area contributed by atoms with Crippen molar-refractivity contribution in [3.05, 3.63) is 66.4 Å². The number of hydrogen-bond donors (Lipinski definition) is 1. The van der Waals surface area contributed by atoms with Crippen LogP contribution in [0.3, 0.4) is 0 Å². The van der Waals surface area contributed by atoms with E-state index in [1.165, 1.54) is 0 Å². The summed E-state index contributed by atoms with van der Waals surface area (Å²) < 4.78 is 0.964. The minimum atomic E-state index is -0.450. The Bertz CT molecular complexity index is 1080. The summed E-state index contributed by atoms with van der Waals surface area (Å²) in [6, 6.07) is 7.80. The van der Waals surface area contributed by atoms with Crippen molar-refractivity contribution in [2.24, 2.45) is 5.73 Å². The Morgan fingerprint density at radius 2 is 2.25 bits per heavy atom. The monoisotopic (exact) mass is 474 g/mol. The van der Waals surface area contributed by atoms with Crippen LogP contribution in [0.25, 0.3) is 0 Å². The van der Waals surface area contributed by atoms with Gasteiger partial charge in [-0.25, -0.2) is 4.98 Å². The Labute approximate surface area is 180 Å². The van der Waals surface area contributed by atoms with Crippen molar-refractivity contribution in [1.29, 1.82) is 5.26 Å². The SMILES string of the molecule is Cc1sc(C2C(C#N)=C(N)N(c3cccnc3Cl)C3=C2C(=O)CCC3)cc1Br. The van der Waals surface area contributed by atoms with Gasteiger partial charge in [0.05, 0.1) is 23.2 Å². The van der Waals surface area contributed by atoms with Gasteiger partial charge in [0.15, 0.2) is 10.9 Å². The number of carbonyl (C=O) groups excluding carboxylic acids is 1. The Kier molecular flexibility index (Phi) is 5.04. The highest BCUT2D eigenvalue weighted by molar-refractivity contribution is 9.10. The van der Waals surface area contributed by atoms with Crippen LogP contribution in [0, 0.1) is 18.3 Å². The summed E-state index contributed by atoms with van der Waals surface area (Å²) in [4.78, 5) is 20.9. The van der Waals surface area contributed by atoms with Crippen molar-refractivity contribution in [2.75, 3.05) is 4.90 Å². The molecule has 0 bridgehead atoms. The summed E-state index contributed by atoms with van der Waals surface area (Å²) in [7, 11) is 0. The quantitative estimate of drug-likeness (QED) is 0.606. The predicted molar refractivity (Wildman–Crippen MR) is 114 cm³/mol. The molecule has 142 valence electrons. The molecule has 0 radical (unpaired) electrons. The van der Waals surface area contributed by atoms with Crippen molar-refractivity contribution in [3.8, 4) is 6.07 Å². The molecule has 2 N–H and O–H groups in total. The first kappa shape index (κ1) is 19.2. The molecule has 0 saturated heterocycles. The molecule has 5 nitrogen and oxygen atoms in total. The summed E-state index contributed by atoms with van der Waals surface area (Å²) in [5.41, 5.74) is 8.91. The number of allylic oxidation sites excluding steroid dienone is 3. The third kappa shape index (κ3) is 2.96. The number of halogens is 2. The van der Waals surface area contributed by atoms with E-state index in [9.17, 15) is 10.1 Å². The van der Waals surface area contributed by atoms with E-state index in [0.717, 1.165) is 26.3 Å². The van der Waals surface area contributed by atoms with Gasteiger partial charge in [-0.15, -0.1) is 11.3 Å². The standard InChI is InChI=1S/C20H16BrClN4OS/c1-10-12(21)8-16(28-10)17-11(9-23)20(24)26(14-5-3-7-25-19(14)22)13-4-2-6-15(27)18(13)17/h3,5,7-8,17H,2,4,6,24H2,1H3. The van der Waals surface area contributed by atoms with E-state index in [2.05, 4.69) is 27.0 Å². The zero-order chi connectivity index (χ0) is 20.0. The smallest absolute Gasteiger partial charge is 0.161 e. The van der Waals surface area contributed by atoms with Crippen LogP contribution in [0.5, 0.6) is 0 Å². The zero-order valence-corrected chi connectivity index (χ0v) is 18.2. The normalized spacial score (nSPS) is 19.7. The van der Waals surface area contributed by atoms with Crippen LogP contribution in [0.1, 0.15) is 34.9 Å². The number of nitrogens with two attached hydrogens (primary N) is 1. The summed E-state index contributed by atoms with van der Waals surface area (Å²) in [5, 5.41) is 10.3. The van der Waals surface area contributed by atoms with Gasteiger partial charge in [0.1, 0.15) is 5.82 Å². The number of thiophene rings is 1. The van der Waals surface area contributed by atoms with Crippen molar-refractivity contribution in [1.82, 2.24) is 4.98 Å². The topological polar surface area (TPSA) is 83.0 Å². The lowest BCUT2D eigenvalue weighted by molar-refractivity contribution is -0.116. The molecule has 0 spiro atoms. The van der Waals surface area contributed by atoms with E-state index in [4.69, 9.17) is 17.3 Å². The number of pyridine rings is 1. The fourth-order valence-electron chi connectivity index (χ4n) is 3.81. The second-order valence-corrected chi connectivity index (χ2v) is 9.18. The third-order valence-corrected chi connectivity index (χ3v) is 7.55. The molecule has 3 heterocycles. The van der Waals surface area contributed by atoms with Gasteiger partial charge in [0, 0.05) is 38.1 Å². The largest absolute Gasteiger partial charge is 0.384 e. The van der Waals surface area contributed by atoms with Gasteiger partial charge in [-0.05, 0) is 53.9 Å². The van der Waals surface area contributed by atoms with Gasteiger partial charge >= 0.3 is 0 Å². The molecule has 0 saturated carbocycles. The lowest BCUT2D eigenvalue weighted by atomic mass is 9.78. The van der Waals surface area contributed by atoms with Gasteiger partial charge < -0.3 is 5.73 Å². The van der Waals surface area contributed by atoms with Gasteiger partial charge in [0.2, 0.25) is 0 Å². The number of nitrogens with zero attached hydrogens (tertiary/aromatic N) is 3. The molecule has 8 heteroatoms. The number of ketones is 1. The molecule has 0 aromatic carbocycles. The molecular formula is C20H16BrClN4OS. The van der Waals surface area contributed by atoms with Gasteiger partial charge in [-0.3, -0.25) is 9.69 Å². The van der Waals surface area contributed by atoms with Crippen LogP contribution in [0.2, 0.25) is 5.15 Å². The Balaban J connectivity index is 2.00. The van der Waals surface area contributed by atoms with Crippen molar-refractivity contribution in [2.45, 2.75) is 32.1 Å². The Morgan fingerprint density at radius 1 is 1.46 bits per heavy atom. The maximum atomic E-state index is 13.0. The molecule has 4 rings (SSSR count). The van der Waals surface area contributed by atoms with Crippen LogP contribution in [-0.4, -0.2) is 10.8 Å². The Morgan fingerprint density at radius 3 is 2.89 bits per heavy atom. The van der Waals surface area contributed by atoms with Crippen LogP contribution in [0.4, 0.5) is 5.69 Å². The lowest BCUT2D eigenvalue weighted by Crippen LogP contribution is -2.38. The molecule has 1 aliphatic carbocycles. The van der Waals surface area contributed by atoms with E-state index in [1.54, 1.807) is 34.6 Å². The maximum absolute atomic E-state index is 13.0. The van der Waals surface area contributed by atoms with Gasteiger partial charge in [-0.2, -0.15) is 5.26 Å². The molecular weight excluding hydrogens is 460 g/mol. The van der Waals surface area contributed by atoms with Crippen molar-refractivity contribution in [3.63, 3.8) is 0 Å². The van der Waals surface area contributed by atoms with E-state index in [1.807, 2.05) is 13.0 Å². The predicted octanol–water partition coefficient (Wildman–Crippen LogP) is 5.17. The minimum Gasteiger partial charge on any atom is -0.384 e. The molecule has 1 atom stereocenters. The first-order valence-electron chi connectivity index (χ1n) is 8.76. The van der Waals surface area contributed by atoms with Crippen molar-refractivity contribution >= 4 is 50.3 Å². The van der Waals surface area contributed by atoms with Gasteiger partial charge in [0.25, 0.3) is 0 Å². The summed E-state index contributed by atoms with van der Waals surface area (Å²) in [6.07, 6.45) is 3.49. The Hall–Kier alpha value is -2.14. The van der Waals surface area contributed by atoms with Crippen LogP contribution >= 0.6 is 38.9 Å². The first-order chi connectivity index (χ1) is 13.4. The number of Topliss-reactive ketones (excluding diaryl/α,β-unsaturated/α-hetero) is 1. The molecule has 1 unspecified atom stereocenters. The number of carbonyl (C=O) groups is 1. The molecule has 0 amide bonds. The molecule has 2 aromatic rings. The van der Waals surface area contributed by atoms with Gasteiger partial charge in [-0.1, -0.05) is 11.6 Å². The fraction of sp³-hybridized carbons (Fsp3) is 0.250. The number of rotatable bonds is 2. The van der Waals surface area contributed by atoms with E-state index in [0.29, 0.717) is 35.5 Å². The molecule has 28 heavy (non-hydrogen) atoms. The number of anilines is 1. The highest BCUT2D eigenvalue weighted by Gasteiger charge is 2.41. The highest BCUT2D eigenvalue weighted by Crippen LogP contribution is 2.49. The average Bonchev–Trinajstić information content (AvgIpc) is 3.00. The summed E-state index contributed by atoms with van der Waals surface area (Å²) in [6.45, 7) is 2.00. The number of nitriles is 1. The number of aromatic nitrogens is 1. The van der Waals surface area contributed by atoms with Crippen LogP contribution in [0.15, 0.2) is 51.5 Å². The fourth-order valence-corrected chi connectivity index (χ4v) is 5.70. The van der Waals surface area contributed by atoms with Crippen LogP contribution < -0.4 is 10.6 Å². The summed E-state index contributed by atoms with van der Waals surface area (Å²) >= 11 is 11.4.